The van der Waals surface area contributed by atoms with E-state index < -0.39 is 23.5 Å². The summed E-state index contributed by atoms with van der Waals surface area (Å²) in [5.74, 6) is -0.909. The number of hydrogen-bond acceptors (Lipinski definition) is 3. The number of rotatable bonds is 4. The number of carbonyl (C=O) groups is 2. The van der Waals surface area contributed by atoms with Gasteiger partial charge in [0, 0.05) is 0 Å². The van der Waals surface area contributed by atoms with Crippen LogP contribution in [0.4, 0.5) is 0 Å². The van der Waals surface area contributed by atoms with E-state index in [0.29, 0.717) is 5.56 Å². The molecule has 102 valence electrons. The van der Waals surface area contributed by atoms with Crippen LogP contribution in [0, 0.1) is 0 Å². The molecule has 1 aromatic rings. The van der Waals surface area contributed by atoms with Crippen molar-refractivity contribution in [2.75, 3.05) is 0 Å². The van der Waals surface area contributed by atoms with Crippen LogP contribution in [0.15, 0.2) is 43.0 Å². The van der Waals surface area contributed by atoms with E-state index in [1.807, 2.05) is 6.07 Å². The zero-order chi connectivity index (χ0) is 14.5. The zero-order valence-corrected chi connectivity index (χ0v) is 11.5. The molecule has 0 spiro atoms. The van der Waals surface area contributed by atoms with Gasteiger partial charge in [0.25, 0.3) is 0 Å². The van der Waals surface area contributed by atoms with Crippen molar-refractivity contribution in [3.05, 3.63) is 48.6 Å². The number of nitrogens with one attached hydrogen (secondary N) is 1. The van der Waals surface area contributed by atoms with E-state index >= 15 is 0 Å². The van der Waals surface area contributed by atoms with E-state index in [9.17, 15) is 9.59 Å². The molecular formula is C15H19NO3. The molecule has 0 bridgehead atoms. The van der Waals surface area contributed by atoms with Crippen molar-refractivity contribution in [2.45, 2.75) is 32.4 Å². The molecule has 19 heavy (non-hydrogen) atoms. The summed E-state index contributed by atoms with van der Waals surface area (Å²) in [5, 5.41) is 2.57. The third-order valence-electron chi connectivity index (χ3n) is 2.25. The van der Waals surface area contributed by atoms with Gasteiger partial charge in [-0.15, -0.1) is 0 Å². The molecule has 1 unspecified atom stereocenters. The Morgan fingerprint density at radius 1 is 1.26 bits per heavy atom. The smallest absolute Gasteiger partial charge is 0.333 e. The van der Waals surface area contributed by atoms with Gasteiger partial charge in [-0.05, 0) is 32.4 Å². The molecule has 0 aliphatic heterocycles. The second-order valence-electron chi connectivity index (χ2n) is 5.09. The van der Waals surface area contributed by atoms with Crippen LogP contribution < -0.4 is 5.32 Å². The van der Waals surface area contributed by atoms with Gasteiger partial charge in [0.15, 0.2) is 6.04 Å². The molecule has 0 aliphatic carbocycles. The fourth-order valence-electron chi connectivity index (χ4n) is 1.49. The van der Waals surface area contributed by atoms with Crippen LogP contribution in [0.5, 0.6) is 0 Å². The van der Waals surface area contributed by atoms with E-state index in [-0.39, 0.29) is 0 Å². The molecule has 0 radical (unpaired) electrons. The summed E-state index contributed by atoms with van der Waals surface area (Å²) >= 11 is 0. The first-order valence-electron chi connectivity index (χ1n) is 6.04. The summed E-state index contributed by atoms with van der Waals surface area (Å²) in [6.07, 6.45) is 1.13. The number of hydrogen-bond donors (Lipinski definition) is 1. The number of esters is 1. The largest absolute Gasteiger partial charge is 0.458 e. The van der Waals surface area contributed by atoms with Crippen LogP contribution in [0.1, 0.15) is 32.4 Å². The molecule has 1 rings (SSSR count). The monoisotopic (exact) mass is 261 g/mol. The average Bonchev–Trinajstić information content (AvgIpc) is 2.34. The van der Waals surface area contributed by atoms with Gasteiger partial charge in [-0.3, -0.25) is 4.79 Å². The highest BCUT2D eigenvalue weighted by atomic mass is 16.6. The highest BCUT2D eigenvalue weighted by Gasteiger charge is 2.27. The molecule has 1 atom stereocenters. The maximum Gasteiger partial charge on any atom is 0.333 e. The first-order chi connectivity index (χ1) is 8.83. The highest BCUT2D eigenvalue weighted by molar-refractivity contribution is 5.91. The van der Waals surface area contributed by atoms with Gasteiger partial charge in [0.2, 0.25) is 5.91 Å². The standard InChI is InChI=1S/C15H19NO3/c1-5-12(17)16-13(11-9-7-6-8-10-11)14(18)19-15(2,3)4/h5-10,13H,1H2,2-4H3,(H,16,17). The summed E-state index contributed by atoms with van der Waals surface area (Å²) in [5.41, 5.74) is 0.0650. The van der Waals surface area contributed by atoms with E-state index in [1.165, 1.54) is 0 Å². The van der Waals surface area contributed by atoms with Crippen molar-refractivity contribution in [1.29, 1.82) is 0 Å². The molecular weight excluding hydrogens is 242 g/mol. The molecule has 0 saturated carbocycles. The van der Waals surface area contributed by atoms with Crippen molar-refractivity contribution >= 4 is 11.9 Å². The molecule has 0 aliphatic rings. The summed E-state index contributed by atoms with van der Waals surface area (Å²) in [6.45, 7) is 8.72. The molecule has 1 aromatic carbocycles. The maximum atomic E-state index is 12.1. The van der Waals surface area contributed by atoms with E-state index in [2.05, 4.69) is 11.9 Å². The van der Waals surface area contributed by atoms with Crippen molar-refractivity contribution in [3.63, 3.8) is 0 Å². The van der Waals surface area contributed by atoms with E-state index in [1.54, 1.807) is 45.0 Å². The molecule has 0 saturated heterocycles. The lowest BCUT2D eigenvalue weighted by atomic mass is 10.1. The molecule has 0 aromatic heterocycles. The van der Waals surface area contributed by atoms with Gasteiger partial charge < -0.3 is 10.1 Å². The third-order valence-corrected chi connectivity index (χ3v) is 2.25. The first-order valence-corrected chi connectivity index (χ1v) is 6.04. The summed E-state index contributed by atoms with van der Waals surface area (Å²) in [6, 6.07) is 8.13. The molecule has 0 fully saturated rings. The summed E-state index contributed by atoms with van der Waals surface area (Å²) < 4.78 is 5.31. The third kappa shape index (κ3) is 4.95. The van der Waals surface area contributed by atoms with Crippen molar-refractivity contribution < 1.29 is 14.3 Å². The maximum absolute atomic E-state index is 12.1. The fraction of sp³-hybridized carbons (Fsp3) is 0.333. The van der Waals surface area contributed by atoms with E-state index in [4.69, 9.17) is 4.74 Å². The Hall–Kier alpha value is -2.10. The molecule has 0 heterocycles. The van der Waals surface area contributed by atoms with E-state index in [0.717, 1.165) is 6.08 Å². The molecule has 4 nitrogen and oxygen atoms in total. The predicted octanol–water partition coefficient (Wildman–Crippen LogP) is 2.37. The average molecular weight is 261 g/mol. The lowest BCUT2D eigenvalue weighted by Crippen LogP contribution is -2.37. The van der Waals surface area contributed by atoms with Crippen LogP contribution in [0.2, 0.25) is 0 Å². The minimum Gasteiger partial charge on any atom is -0.458 e. The van der Waals surface area contributed by atoms with Gasteiger partial charge in [-0.2, -0.15) is 0 Å². The minimum atomic E-state index is -0.828. The predicted molar refractivity (Wildman–Crippen MR) is 73.4 cm³/mol. The summed E-state index contributed by atoms with van der Waals surface area (Å²) in [4.78, 5) is 23.6. The Morgan fingerprint density at radius 2 is 1.84 bits per heavy atom. The van der Waals surface area contributed by atoms with Gasteiger partial charge in [-0.25, -0.2) is 4.79 Å². The van der Waals surface area contributed by atoms with Gasteiger partial charge in [0.1, 0.15) is 5.60 Å². The van der Waals surface area contributed by atoms with Crippen molar-refractivity contribution in [2.24, 2.45) is 0 Å². The second kappa shape index (κ2) is 6.18. The summed E-state index contributed by atoms with van der Waals surface area (Å²) in [7, 11) is 0. The molecule has 4 heteroatoms. The molecule has 1 N–H and O–H groups in total. The van der Waals surface area contributed by atoms with Crippen LogP contribution in [-0.2, 0) is 14.3 Å². The Morgan fingerprint density at radius 3 is 2.32 bits per heavy atom. The van der Waals surface area contributed by atoms with Gasteiger partial charge in [-0.1, -0.05) is 36.9 Å². The number of ether oxygens (including phenoxy) is 1. The topological polar surface area (TPSA) is 55.4 Å². The van der Waals surface area contributed by atoms with Crippen LogP contribution in [0.3, 0.4) is 0 Å². The van der Waals surface area contributed by atoms with Gasteiger partial charge in [0.05, 0.1) is 0 Å². The highest BCUT2D eigenvalue weighted by Crippen LogP contribution is 2.18. The number of carbonyl (C=O) groups excluding carboxylic acids is 2. The minimum absolute atomic E-state index is 0.417. The first kappa shape index (κ1) is 15.0. The Bertz CT molecular complexity index is 460. The second-order valence-corrected chi connectivity index (χ2v) is 5.09. The van der Waals surface area contributed by atoms with Gasteiger partial charge >= 0.3 is 5.97 Å². The van der Waals surface area contributed by atoms with Crippen molar-refractivity contribution in [1.82, 2.24) is 5.32 Å². The molecule has 1 amide bonds. The zero-order valence-electron chi connectivity index (χ0n) is 11.5. The van der Waals surface area contributed by atoms with Crippen LogP contribution >= 0.6 is 0 Å². The van der Waals surface area contributed by atoms with Crippen LogP contribution in [0.25, 0.3) is 0 Å². The number of benzene rings is 1. The van der Waals surface area contributed by atoms with Crippen LogP contribution in [-0.4, -0.2) is 17.5 Å². The lowest BCUT2D eigenvalue weighted by molar-refractivity contribution is -0.158. The Labute approximate surface area is 113 Å². The SMILES string of the molecule is C=CC(=O)NC(C(=O)OC(C)(C)C)c1ccccc1. The lowest BCUT2D eigenvalue weighted by Gasteiger charge is -2.24. The fourth-order valence-corrected chi connectivity index (χ4v) is 1.49. The quantitative estimate of drug-likeness (QED) is 0.668. The van der Waals surface area contributed by atoms with Crippen molar-refractivity contribution in [3.8, 4) is 0 Å². The number of amides is 1. The normalized spacial score (nSPS) is 12.4. The Kier molecular flexibility index (Phi) is 4.87. The Balaban J connectivity index is 2.96.